The second kappa shape index (κ2) is 5.78. The van der Waals surface area contributed by atoms with Crippen molar-refractivity contribution in [2.75, 3.05) is 12.3 Å². The number of thioether (sulfide) groups is 1. The molecule has 17 heavy (non-hydrogen) atoms. The number of rotatable bonds is 4. The second-order valence-corrected chi connectivity index (χ2v) is 5.66. The molecule has 1 unspecified atom stereocenters. The third-order valence-corrected chi connectivity index (χ3v) is 4.35. The summed E-state index contributed by atoms with van der Waals surface area (Å²) in [5.41, 5.74) is 1.13. The molecule has 0 bridgehead atoms. The highest BCUT2D eigenvalue weighted by molar-refractivity contribution is 8.00. The van der Waals surface area contributed by atoms with Crippen LogP contribution < -0.4 is 0 Å². The standard InChI is InChI=1S/C13H16ClNOS/c1-2-3-7-15-12(16)9-17-13(15)10-5-4-6-11(14)8-10/h4-6,8,13H,2-3,7,9H2,1H3. The summed E-state index contributed by atoms with van der Waals surface area (Å²) in [6.45, 7) is 2.99. The Morgan fingerprint density at radius 2 is 2.35 bits per heavy atom. The third kappa shape index (κ3) is 2.96. The molecule has 1 aromatic carbocycles. The Bertz CT molecular complexity index is 410. The maximum Gasteiger partial charge on any atom is 0.233 e. The van der Waals surface area contributed by atoms with Crippen molar-refractivity contribution in [1.82, 2.24) is 4.90 Å². The van der Waals surface area contributed by atoms with Crippen LogP contribution in [0.5, 0.6) is 0 Å². The predicted molar refractivity (Wildman–Crippen MR) is 73.3 cm³/mol. The fourth-order valence-electron chi connectivity index (χ4n) is 1.96. The van der Waals surface area contributed by atoms with Crippen molar-refractivity contribution in [3.05, 3.63) is 34.9 Å². The zero-order chi connectivity index (χ0) is 12.3. The van der Waals surface area contributed by atoms with Gasteiger partial charge in [-0.2, -0.15) is 0 Å². The molecule has 2 nitrogen and oxygen atoms in total. The minimum atomic E-state index is 0.146. The van der Waals surface area contributed by atoms with E-state index in [0.29, 0.717) is 5.75 Å². The highest BCUT2D eigenvalue weighted by atomic mass is 35.5. The van der Waals surface area contributed by atoms with E-state index in [4.69, 9.17) is 11.6 Å². The lowest BCUT2D eigenvalue weighted by Gasteiger charge is -2.24. The molecule has 0 saturated carbocycles. The first-order valence-electron chi connectivity index (χ1n) is 5.89. The van der Waals surface area contributed by atoms with Crippen molar-refractivity contribution in [3.63, 3.8) is 0 Å². The molecule has 0 spiro atoms. The molecule has 1 amide bonds. The number of carbonyl (C=O) groups is 1. The summed E-state index contributed by atoms with van der Waals surface area (Å²) < 4.78 is 0. The van der Waals surface area contributed by atoms with Crippen LogP contribution in [0.15, 0.2) is 24.3 Å². The molecule has 1 saturated heterocycles. The minimum Gasteiger partial charge on any atom is -0.326 e. The van der Waals surface area contributed by atoms with E-state index < -0.39 is 0 Å². The summed E-state index contributed by atoms with van der Waals surface area (Å²) >= 11 is 7.69. The fourth-order valence-corrected chi connectivity index (χ4v) is 3.37. The first-order chi connectivity index (χ1) is 8.22. The number of carbonyl (C=O) groups excluding carboxylic acids is 1. The number of unbranched alkanes of at least 4 members (excludes halogenated alkanes) is 1. The molecule has 1 fully saturated rings. The van der Waals surface area contributed by atoms with Gasteiger partial charge >= 0.3 is 0 Å². The number of hydrogen-bond acceptors (Lipinski definition) is 2. The molecule has 1 heterocycles. The first-order valence-corrected chi connectivity index (χ1v) is 7.31. The predicted octanol–water partition coefficient (Wildman–Crippen LogP) is 3.71. The van der Waals surface area contributed by atoms with Crippen molar-refractivity contribution < 1.29 is 4.79 Å². The van der Waals surface area contributed by atoms with Crippen molar-refractivity contribution in [2.24, 2.45) is 0 Å². The van der Waals surface area contributed by atoms with Crippen LogP contribution in [0.2, 0.25) is 5.02 Å². The van der Waals surface area contributed by atoms with Gasteiger partial charge in [-0.25, -0.2) is 0 Å². The zero-order valence-electron chi connectivity index (χ0n) is 9.86. The quantitative estimate of drug-likeness (QED) is 0.830. The monoisotopic (exact) mass is 269 g/mol. The third-order valence-electron chi connectivity index (χ3n) is 2.85. The molecule has 0 radical (unpaired) electrons. The van der Waals surface area contributed by atoms with E-state index in [1.54, 1.807) is 11.8 Å². The van der Waals surface area contributed by atoms with Crippen LogP contribution in [0.1, 0.15) is 30.7 Å². The maximum absolute atomic E-state index is 11.8. The normalized spacial score (nSPS) is 20.0. The van der Waals surface area contributed by atoms with Crippen molar-refractivity contribution in [2.45, 2.75) is 25.1 Å². The van der Waals surface area contributed by atoms with Gasteiger partial charge in [-0.1, -0.05) is 37.1 Å². The average molecular weight is 270 g/mol. The van der Waals surface area contributed by atoms with E-state index in [9.17, 15) is 4.79 Å². The van der Waals surface area contributed by atoms with E-state index in [-0.39, 0.29) is 11.3 Å². The molecule has 1 aliphatic rings. The molecule has 4 heteroatoms. The molecule has 1 aromatic rings. The smallest absolute Gasteiger partial charge is 0.233 e. The van der Waals surface area contributed by atoms with Gasteiger partial charge in [-0.15, -0.1) is 11.8 Å². The Morgan fingerprint density at radius 3 is 3.06 bits per heavy atom. The molecule has 2 rings (SSSR count). The zero-order valence-corrected chi connectivity index (χ0v) is 11.4. The molecule has 1 atom stereocenters. The van der Waals surface area contributed by atoms with Crippen LogP contribution in [0, 0.1) is 0 Å². The van der Waals surface area contributed by atoms with Crippen LogP contribution in [-0.2, 0) is 4.79 Å². The summed E-state index contributed by atoms with van der Waals surface area (Å²) in [6, 6.07) is 7.81. The molecular weight excluding hydrogens is 254 g/mol. The Kier molecular flexibility index (Phi) is 4.35. The van der Waals surface area contributed by atoms with Crippen molar-refractivity contribution in [1.29, 1.82) is 0 Å². The van der Waals surface area contributed by atoms with E-state index in [1.807, 2.05) is 29.2 Å². The molecule has 1 aliphatic heterocycles. The summed E-state index contributed by atoms with van der Waals surface area (Å²) in [6.07, 6.45) is 2.17. The maximum atomic E-state index is 11.8. The highest BCUT2D eigenvalue weighted by Gasteiger charge is 2.32. The lowest BCUT2D eigenvalue weighted by molar-refractivity contribution is -0.128. The highest BCUT2D eigenvalue weighted by Crippen LogP contribution is 2.39. The van der Waals surface area contributed by atoms with Gasteiger partial charge in [-0.3, -0.25) is 4.79 Å². The van der Waals surface area contributed by atoms with Gasteiger partial charge < -0.3 is 4.90 Å². The van der Waals surface area contributed by atoms with E-state index in [1.165, 1.54) is 0 Å². The van der Waals surface area contributed by atoms with Gasteiger partial charge in [0, 0.05) is 11.6 Å². The fraction of sp³-hybridized carbons (Fsp3) is 0.462. The van der Waals surface area contributed by atoms with Crippen LogP contribution in [0.4, 0.5) is 0 Å². The molecule has 0 N–H and O–H groups in total. The first kappa shape index (κ1) is 12.8. The van der Waals surface area contributed by atoms with Gasteiger partial charge in [0.05, 0.1) is 5.75 Å². The van der Waals surface area contributed by atoms with E-state index >= 15 is 0 Å². The van der Waals surface area contributed by atoms with E-state index in [2.05, 4.69) is 6.92 Å². The molecular formula is C13H16ClNOS. The summed E-state index contributed by atoms with van der Waals surface area (Å²) in [7, 11) is 0. The molecule has 0 aliphatic carbocycles. The topological polar surface area (TPSA) is 20.3 Å². The lowest BCUT2D eigenvalue weighted by Crippen LogP contribution is -2.29. The summed E-state index contributed by atoms with van der Waals surface area (Å²) in [4.78, 5) is 13.8. The Labute approximate surface area is 111 Å². The van der Waals surface area contributed by atoms with Crippen LogP contribution in [-0.4, -0.2) is 23.1 Å². The summed E-state index contributed by atoms with van der Waals surface area (Å²) in [5.74, 6) is 0.828. The number of hydrogen-bond donors (Lipinski definition) is 0. The Hall–Kier alpha value is -0.670. The van der Waals surface area contributed by atoms with Crippen molar-refractivity contribution in [3.8, 4) is 0 Å². The lowest BCUT2D eigenvalue weighted by atomic mass is 10.2. The summed E-state index contributed by atoms with van der Waals surface area (Å²) in [5, 5.41) is 0.880. The molecule has 92 valence electrons. The van der Waals surface area contributed by atoms with Gasteiger partial charge in [0.15, 0.2) is 0 Å². The Morgan fingerprint density at radius 1 is 1.53 bits per heavy atom. The van der Waals surface area contributed by atoms with E-state index in [0.717, 1.165) is 30.0 Å². The minimum absolute atomic E-state index is 0.146. The van der Waals surface area contributed by atoms with Gasteiger partial charge in [-0.05, 0) is 24.1 Å². The van der Waals surface area contributed by atoms with Gasteiger partial charge in [0.25, 0.3) is 0 Å². The van der Waals surface area contributed by atoms with Crippen LogP contribution in [0.25, 0.3) is 0 Å². The number of nitrogens with zero attached hydrogens (tertiary/aromatic N) is 1. The van der Waals surface area contributed by atoms with Crippen LogP contribution in [0.3, 0.4) is 0 Å². The Balaban J connectivity index is 2.16. The molecule has 0 aromatic heterocycles. The number of halogens is 1. The SMILES string of the molecule is CCCCN1C(=O)CSC1c1cccc(Cl)c1. The number of amides is 1. The second-order valence-electron chi connectivity index (χ2n) is 4.16. The van der Waals surface area contributed by atoms with Gasteiger partial charge in [0.1, 0.15) is 5.37 Å². The largest absolute Gasteiger partial charge is 0.326 e. The van der Waals surface area contributed by atoms with Crippen LogP contribution >= 0.6 is 23.4 Å². The average Bonchev–Trinajstić information content (AvgIpc) is 2.68. The van der Waals surface area contributed by atoms with Crippen molar-refractivity contribution >= 4 is 29.3 Å². The number of benzene rings is 1. The van der Waals surface area contributed by atoms with Gasteiger partial charge in [0.2, 0.25) is 5.91 Å².